The lowest BCUT2D eigenvalue weighted by Crippen LogP contribution is -3.08. The first-order valence-electron chi connectivity index (χ1n) is 11.0. The summed E-state index contributed by atoms with van der Waals surface area (Å²) in [5, 5.41) is 5.68. The number of ether oxygens (including phenoxy) is 1. The highest BCUT2D eigenvalue weighted by Crippen LogP contribution is 2.09. The van der Waals surface area contributed by atoms with Crippen LogP contribution >= 0.6 is 0 Å². The smallest absolute Gasteiger partial charge is 0.407 e. The summed E-state index contributed by atoms with van der Waals surface area (Å²) in [6.07, 6.45) is 2.21. The maximum absolute atomic E-state index is 12.4. The highest BCUT2D eigenvalue weighted by atomic mass is 16.6. The summed E-state index contributed by atoms with van der Waals surface area (Å²) in [5.74, 6) is -0.114. The van der Waals surface area contributed by atoms with E-state index in [1.54, 1.807) is 17.0 Å². The fourth-order valence-electron chi connectivity index (χ4n) is 3.66. The van der Waals surface area contributed by atoms with Crippen LogP contribution in [0, 0.1) is 0 Å². The zero-order chi connectivity index (χ0) is 22.3. The van der Waals surface area contributed by atoms with Gasteiger partial charge in [-0.15, -0.1) is 0 Å². The summed E-state index contributed by atoms with van der Waals surface area (Å²) in [5.41, 5.74) is 3.41. The zero-order valence-corrected chi connectivity index (χ0v) is 18.8. The van der Waals surface area contributed by atoms with Gasteiger partial charge in [-0.25, -0.2) is 4.79 Å². The number of alkyl carbamates (subject to hydrolysis) is 1. The van der Waals surface area contributed by atoms with Crippen LogP contribution in [-0.4, -0.2) is 30.7 Å². The third kappa shape index (κ3) is 7.72. The van der Waals surface area contributed by atoms with Gasteiger partial charge in [0, 0.05) is 37.1 Å². The van der Waals surface area contributed by atoms with E-state index in [9.17, 15) is 9.59 Å². The Bertz CT molecular complexity index is 864. The van der Waals surface area contributed by atoms with Crippen molar-refractivity contribution in [2.75, 3.05) is 13.1 Å². The molecule has 3 N–H and O–H groups in total. The van der Waals surface area contributed by atoms with Crippen molar-refractivity contribution < 1.29 is 19.2 Å². The van der Waals surface area contributed by atoms with Gasteiger partial charge in [-0.05, 0) is 44.0 Å². The summed E-state index contributed by atoms with van der Waals surface area (Å²) < 4.78 is 5.22. The molecule has 1 saturated heterocycles. The predicted molar refractivity (Wildman–Crippen MR) is 121 cm³/mol. The van der Waals surface area contributed by atoms with Crippen molar-refractivity contribution in [3.8, 4) is 0 Å². The molecule has 2 aromatic carbocycles. The fraction of sp³-hybridized carbons (Fsp3) is 0.440. The molecule has 0 unspecified atom stereocenters. The van der Waals surface area contributed by atoms with Gasteiger partial charge in [-0.3, -0.25) is 4.79 Å². The second-order valence-electron chi connectivity index (χ2n) is 9.19. The molecule has 0 spiro atoms. The molecule has 2 aromatic rings. The molecule has 0 aromatic heterocycles. The topological polar surface area (TPSA) is 71.9 Å². The van der Waals surface area contributed by atoms with Gasteiger partial charge in [0.05, 0.1) is 13.1 Å². The Labute approximate surface area is 185 Å². The number of amides is 2. The van der Waals surface area contributed by atoms with Gasteiger partial charge in [0.1, 0.15) is 12.1 Å². The molecule has 0 bridgehead atoms. The first-order valence-corrected chi connectivity index (χ1v) is 11.0. The Kier molecular flexibility index (Phi) is 7.69. The highest BCUT2D eigenvalue weighted by molar-refractivity contribution is 5.94. The first-order chi connectivity index (χ1) is 14.8. The third-order valence-corrected chi connectivity index (χ3v) is 5.29. The maximum atomic E-state index is 12.4. The minimum Gasteiger partial charge on any atom is -0.444 e. The summed E-state index contributed by atoms with van der Waals surface area (Å²) in [4.78, 5) is 25.8. The van der Waals surface area contributed by atoms with E-state index >= 15 is 0 Å². The van der Waals surface area contributed by atoms with Gasteiger partial charge in [0.2, 0.25) is 0 Å². The van der Waals surface area contributed by atoms with Crippen LogP contribution < -0.4 is 15.5 Å². The van der Waals surface area contributed by atoms with E-state index in [-0.39, 0.29) is 5.91 Å². The van der Waals surface area contributed by atoms with Crippen molar-refractivity contribution in [3.63, 3.8) is 0 Å². The largest absolute Gasteiger partial charge is 0.444 e. The van der Waals surface area contributed by atoms with Crippen molar-refractivity contribution >= 4 is 12.0 Å². The number of quaternary nitrogens is 1. The minimum atomic E-state index is -0.527. The standard InChI is InChI=1S/C25H33N3O3/c1-25(2,3)31-24(30)27-17-20-10-12-22(13-11-20)23(29)26-16-19-6-8-21(9-7-19)18-28-14-4-5-15-28/h6-13H,4-5,14-18H2,1-3H3,(H,26,29)(H,27,30)/p+1. The van der Waals surface area contributed by atoms with Crippen molar-refractivity contribution in [2.45, 2.75) is 58.8 Å². The van der Waals surface area contributed by atoms with Crippen LogP contribution in [0.5, 0.6) is 0 Å². The molecule has 1 heterocycles. The molecular formula is C25H34N3O3+. The monoisotopic (exact) mass is 424 g/mol. The van der Waals surface area contributed by atoms with Gasteiger partial charge in [0.25, 0.3) is 5.91 Å². The zero-order valence-electron chi connectivity index (χ0n) is 18.8. The van der Waals surface area contributed by atoms with Crippen molar-refractivity contribution in [1.29, 1.82) is 0 Å². The average Bonchev–Trinajstić information content (AvgIpc) is 3.24. The highest BCUT2D eigenvalue weighted by Gasteiger charge is 2.16. The van der Waals surface area contributed by atoms with Gasteiger partial charge >= 0.3 is 6.09 Å². The van der Waals surface area contributed by atoms with E-state index in [2.05, 4.69) is 34.9 Å². The van der Waals surface area contributed by atoms with Crippen LogP contribution in [0.15, 0.2) is 48.5 Å². The molecule has 0 aliphatic carbocycles. The lowest BCUT2D eigenvalue weighted by molar-refractivity contribution is -0.901. The average molecular weight is 425 g/mol. The molecule has 166 valence electrons. The number of hydrogen-bond acceptors (Lipinski definition) is 3. The molecule has 0 saturated carbocycles. The van der Waals surface area contributed by atoms with E-state index in [1.807, 2.05) is 32.9 Å². The number of carbonyl (C=O) groups excluding carboxylic acids is 2. The molecule has 6 nitrogen and oxygen atoms in total. The number of hydrogen-bond donors (Lipinski definition) is 3. The summed E-state index contributed by atoms with van der Waals surface area (Å²) in [6.45, 7) is 9.95. The molecule has 1 fully saturated rings. The Morgan fingerprint density at radius 2 is 1.35 bits per heavy atom. The molecule has 31 heavy (non-hydrogen) atoms. The SMILES string of the molecule is CC(C)(C)OC(=O)NCc1ccc(C(=O)NCc2ccc(C[NH+]3CCCC3)cc2)cc1. The van der Waals surface area contributed by atoms with Crippen molar-refractivity contribution in [2.24, 2.45) is 0 Å². The van der Waals surface area contributed by atoms with Crippen molar-refractivity contribution in [1.82, 2.24) is 10.6 Å². The number of benzene rings is 2. The van der Waals surface area contributed by atoms with Crippen molar-refractivity contribution in [3.05, 3.63) is 70.8 Å². The Hall–Kier alpha value is -2.86. The predicted octanol–water partition coefficient (Wildman–Crippen LogP) is 2.82. The quantitative estimate of drug-likeness (QED) is 0.640. The lowest BCUT2D eigenvalue weighted by Gasteiger charge is -2.19. The number of nitrogens with one attached hydrogen (secondary N) is 3. The lowest BCUT2D eigenvalue weighted by atomic mass is 10.1. The van der Waals surface area contributed by atoms with Gasteiger partial charge in [0.15, 0.2) is 0 Å². The number of carbonyl (C=O) groups is 2. The molecule has 0 radical (unpaired) electrons. The van der Waals surface area contributed by atoms with Crippen LogP contribution in [0.4, 0.5) is 4.79 Å². The molecule has 6 heteroatoms. The molecule has 2 amide bonds. The van der Waals surface area contributed by atoms with Crippen LogP contribution in [0.1, 0.15) is 60.7 Å². The van der Waals surface area contributed by atoms with Gasteiger partial charge < -0.3 is 20.3 Å². The molecule has 1 aliphatic heterocycles. The first kappa shape index (κ1) is 22.8. The molecular weight excluding hydrogens is 390 g/mol. The molecule has 0 atom stereocenters. The Balaban J connectivity index is 1.43. The summed E-state index contributed by atoms with van der Waals surface area (Å²) >= 11 is 0. The van der Waals surface area contributed by atoms with E-state index in [0.717, 1.165) is 17.7 Å². The number of rotatable bonds is 7. The molecule has 1 aliphatic rings. The summed E-state index contributed by atoms with van der Waals surface area (Å²) in [7, 11) is 0. The second-order valence-corrected chi connectivity index (χ2v) is 9.19. The van der Waals surface area contributed by atoms with E-state index in [1.165, 1.54) is 31.5 Å². The van der Waals surface area contributed by atoms with Crippen LogP contribution in [0.3, 0.4) is 0 Å². The van der Waals surface area contributed by atoms with E-state index in [4.69, 9.17) is 4.74 Å². The number of likely N-dealkylation sites (tertiary alicyclic amines) is 1. The second kappa shape index (κ2) is 10.4. The van der Waals surface area contributed by atoms with Crippen LogP contribution in [-0.2, 0) is 24.4 Å². The van der Waals surface area contributed by atoms with E-state index in [0.29, 0.717) is 18.7 Å². The van der Waals surface area contributed by atoms with Crippen LogP contribution in [0.2, 0.25) is 0 Å². The fourth-order valence-corrected chi connectivity index (χ4v) is 3.66. The Morgan fingerprint density at radius 3 is 1.94 bits per heavy atom. The van der Waals surface area contributed by atoms with Crippen LogP contribution in [0.25, 0.3) is 0 Å². The summed E-state index contributed by atoms with van der Waals surface area (Å²) in [6, 6.07) is 15.7. The third-order valence-electron chi connectivity index (χ3n) is 5.29. The molecule has 3 rings (SSSR count). The van der Waals surface area contributed by atoms with Gasteiger partial charge in [-0.2, -0.15) is 0 Å². The maximum Gasteiger partial charge on any atom is 0.407 e. The Morgan fingerprint density at radius 1 is 0.839 bits per heavy atom. The van der Waals surface area contributed by atoms with Gasteiger partial charge in [-0.1, -0.05) is 36.4 Å². The normalized spacial score (nSPS) is 14.3. The minimum absolute atomic E-state index is 0.114. The van der Waals surface area contributed by atoms with E-state index < -0.39 is 11.7 Å².